The lowest BCUT2D eigenvalue weighted by Gasteiger charge is -2.30. The van der Waals surface area contributed by atoms with E-state index in [-0.39, 0.29) is 0 Å². The zero-order chi connectivity index (χ0) is 14.3. The van der Waals surface area contributed by atoms with E-state index in [9.17, 15) is 5.11 Å². The van der Waals surface area contributed by atoms with Gasteiger partial charge in [-0.1, -0.05) is 54.6 Å². The molecule has 1 aromatic heterocycles. The predicted octanol–water partition coefficient (Wildman–Crippen LogP) is 4.13. The Hall–Kier alpha value is -1.90. The molecule has 0 amide bonds. The van der Waals surface area contributed by atoms with E-state index in [4.69, 9.17) is 0 Å². The lowest BCUT2D eigenvalue weighted by molar-refractivity contribution is 0.129. The monoisotopic (exact) mass is 292 g/mol. The summed E-state index contributed by atoms with van der Waals surface area (Å²) in [6.07, 6.45) is 1.95. The van der Waals surface area contributed by atoms with E-state index in [1.165, 1.54) is 11.1 Å². The van der Waals surface area contributed by atoms with Gasteiger partial charge in [-0.05, 0) is 46.5 Å². The van der Waals surface area contributed by atoms with Gasteiger partial charge in [-0.25, -0.2) is 0 Å². The summed E-state index contributed by atoms with van der Waals surface area (Å²) in [5, 5.41) is 13.8. The molecular weight excluding hydrogens is 276 g/mol. The minimum atomic E-state index is -1.03. The fourth-order valence-corrected chi connectivity index (χ4v) is 4.20. The SMILES string of the molecule is OC1(c2cccs2)c2ccccc2CCc2ccccc21. The zero-order valence-corrected chi connectivity index (χ0v) is 12.4. The summed E-state index contributed by atoms with van der Waals surface area (Å²) in [6.45, 7) is 0. The summed E-state index contributed by atoms with van der Waals surface area (Å²) in [7, 11) is 0. The van der Waals surface area contributed by atoms with Crippen molar-refractivity contribution in [2.45, 2.75) is 18.4 Å². The van der Waals surface area contributed by atoms with Crippen LogP contribution in [-0.4, -0.2) is 5.11 Å². The second kappa shape index (κ2) is 4.83. The van der Waals surface area contributed by atoms with Crippen LogP contribution in [0, 0.1) is 0 Å². The lowest BCUT2D eigenvalue weighted by atomic mass is 9.82. The van der Waals surface area contributed by atoms with E-state index in [0.29, 0.717) is 0 Å². The van der Waals surface area contributed by atoms with Crippen molar-refractivity contribution in [2.24, 2.45) is 0 Å². The molecule has 0 saturated heterocycles. The van der Waals surface area contributed by atoms with E-state index < -0.39 is 5.60 Å². The van der Waals surface area contributed by atoms with Crippen LogP contribution < -0.4 is 0 Å². The average Bonchev–Trinajstić information content (AvgIpc) is 3.04. The Kier molecular flexibility index (Phi) is 2.95. The van der Waals surface area contributed by atoms with Crippen molar-refractivity contribution in [3.63, 3.8) is 0 Å². The van der Waals surface area contributed by atoms with Gasteiger partial charge in [-0.3, -0.25) is 0 Å². The number of thiophene rings is 1. The van der Waals surface area contributed by atoms with Crippen LogP contribution in [0.1, 0.15) is 27.1 Å². The van der Waals surface area contributed by atoms with Crippen LogP contribution in [-0.2, 0) is 18.4 Å². The molecule has 2 heteroatoms. The largest absolute Gasteiger partial charge is 0.375 e. The summed E-state index contributed by atoms with van der Waals surface area (Å²) in [6, 6.07) is 20.6. The van der Waals surface area contributed by atoms with Crippen molar-refractivity contribution < 1.29 is 5.11 Å². The summed E-state index contributed by atoms with van der Waals surface area (Å²) >= 11 is 1.61. The Labute approximate surface area is 128 Å². The van der Waals surface area contributed by atoms with Crippen molar-refractivity contribution in [2.75, 3.05) is 0 Å². The first-order valence-corrected chi connectivity index (χ1v) is 8.11. The normalized spacial score (nSPS) is 15.9. The van der Waals surface area contributed by atoms with Crippen LogP contribution >= 0.6 is 11.3 Å². The highest BCUT2D eigenvalue weighted by molar-refractivity contribution is 7.10. The molecule has 104 valence electrons. The van der Waals surface area contributed by atoms with Gasteiger partial charge in [-0.15, -0.1) is 11.3 Å². The fourth-order valence-electron chi connectivity index (χ4n) is 3.35. The van der Waals surface area contributed by atoms with Crippen LogP contribution in [0.4, 0.5) is 0 Å². The molecule has 0 atom stereocenters. The third-order valence-electron chi connectivity index (χ3n) is 4.36. The molecule has 1 aliphatic carbocycles. The van der Waals surface area contributed by atoms with Crippen LogP contribution in [0.3, 0.4) is 0 Å². The second-order valence-corrected chi connectivity index (χ2v) is 6.45. The molecule has 1 heterocycles. The van der Waals surface area contributed by atoms with Gasteiger partial charge in [0, 0.05) is 4.88 Å². The van der Waals surface area contributed by atoms with Gasteiger partial charge in [0.25, 0.3) is 0 Å². The third kappa shape index (κ3) is 1.87. The highest BCUT2D eigenvalue weighted by Gasteiger charge is 2.39. The molecule has 0 fully saturated rings. The number of hydrogen-bond acceptors (Lipinski definition) is 2. The van der Waals surface area contributed by atoms with Gasteiger partial charge < -0.3 is 5.11 Å². The van der Waals surface area contributed by atoms with Crippen molar-refractivity contribution in [1.29, 1.82) is 0 Å². The summed E-state index contributed by atoms with van der Waals surface area (Å²) < 4.78 is 0. The minimum Gasteiger partial charge on any atom is -0.375 e. The van der Waals surface area contributed by atoms with Crippen LogP contribution in [0.2, 0.25) is 0 Å². The maximum absolute atomic E-state index is 11.7. The van der Waals surface area contributed by atoms with Crippen molar-refractivity contribution in [3.8, 4) is 0 Å². The first kappa shape index (κ1) is 12.8. The number of benzene rings is 2. The second-order valence-electron chi connectivity index (χ2n) is 5.50. The molecule has 2 aromatic carbocycles. The lowest BCUT2D eigenvalue weighted by Crippen LogP contribution is -2.29. The molecule has 1 N–H and O–H groups in total. The van der Waals surface area contributed by atoms with E-state index in [2.05, 4.69) is 36.4 Å². The highest BCUT2D eigenvalue weighted by atomic mass is 32.1. The quantitative estimate of drug-likeness (QED) is 0.715. The number of rotatable bonds is 1. The minimum absolute atomic E-state index is 0.973. The average molecular weight is 292 g/mol. The maximum atomic E-state index is 11.7. The fraction of sp³-hybridized carbons (Fsp3) is 0.158. The molecule has 21 heavy (non-hydrogen) atoms. The van der Waals surface area contributed by atoms with Crippen molar-refractivity contribution in [3.05, 3.63) is 93.2 Å². The summed E-state index contributed by atoms with van der Waals surface area (Å²) in [5.41, 5.74) is 3.50. The van der Waals surface area contributed by atoms with Crippen molar-refractivity contribution in [1.82, 2.24) is 0 Å². The maximum Gasteiger partial charge on any atom is 0.150 e. The van der Waals surface area contributed by atoms with Gasteiger partial charge in [0.2, 0.25) is 0 Å². The molecular formula is C19H16OS. The molecule has 1 nitrogen and oxygen atoms in total. The molecule has 0 aliphatic heterocycles. The van der Waals surface area contributed by atoms with E-state index in [1.54, 1.807) is 11.3 Å². The smallest absolute Gasteiger partial charge is 0.150 e. The zero-order valence-electron chi connectivity index (χ0n) is 11.6. The molecule has 3 aromatic rings. The Morgan fingerprint density at radius 1 is 0.762 bits per heavy atom. The van der Waals surface area contributed by atoms with Crippen LogP contribution in [0.25, 0.3) is 0 Å². The number of hydrogen-bond donors (Lipinski definition) is 1. The first-order chi connectivity index (χ1) is 10.3. The van der Waals surface area contributed by atoms with Crippen LogP contribution in [0.15, 0.2) is 66.0 Å². The number of aryl methyl sites for hydroxylation is 2. The summed E-state index contributed by atoms with van der Waals surface area (Å²) in [5.74, 6) is 0. The number of aliphatic hydroxyl groups is 1. The molecule has 0 saturated carbocycles. The standard InChI is InChI=1S/C19H16OS/c20-19(18-10-5-13-21-18)16-8-3-1-6-14(16)11-12-15-7-2-4-9-17(15)19/h1-10,13,20H,11-12H2. The molecule has 0 radical (unpaired) electrons. The van der Waals surface area contributed by atoms with Gasteiger partial charge in [0.1, 0.15) is 5.60 Å². The Morgan fingerprint density at radius 3 is 1.86 bits per heavy atom. The van der Waals surface area contributed by atoms with Crippen molar-refractivity contribution >= 4 is 11.3 Å². The number of fused-ring (bicyclic) bond motifs is 2. The van der Waals surface area contributed by atoms with Crippen LogP contribution in [0.5, 0.6) is 0 Å². The highest BCUT2D eigenvalue weighted by Crippen LogP contribution is 2.43. The Bertz CT molecular complexity index is 726. The topological polar surface area (TPSA) is 20.2 Å². The van der Waals surface area contributed by atoms with Gasteiger partial charge in [-0.2, -0.15) is 0 Å². The Balaban J connectivity index is 2.08. The van der Waals surface area contributed by atoms with Gasteiger partial charge in [0.15, 0.2) is 0 Å². The van der Waals surface area contributed by atoms with E-state index >= 15 is 0 Å². The van der Waals surface area contributed by atoms with E-state index in [0.717, 1.165) is 28.8 Å². The predicted molar refractivity (Wildman–Crippen MR) is 86.7 cm³/mol. The Morgan fingerprint density at radius 2 is 1.33 bits per heavy atom. The third-order valence-corrected chi connectivity index (χ3v) is 5.33. The first-order valence-electron chi connectivity index (χ1n) is 7.23. The van der Waals surface area contributed by atoms with Gasteiger partial charge >= 0.3 is 0 Å². The molecule has 1 aliphatic rings. The molecule has 0 bridgehead atoms. The molecule has 0 spiro atoms. The summed E-state index contributed by atoms with van der Waals surface area (Å²) in [4.78, 5) is 0.990. The molecule has 0 unspecified atom stereocenters. The van der Waals surface area contributed by atoms with Gasteiger partial charge in [0.05, 0.1) is 0 Å². The molecule has 4 rings (SSSR count). The van der Waals surface area contributed by atoms with E-state index in [1.807, 2.05) is 29.6 Å².